The summed E-state index contributed by atoms with van der Waals surface area (Å²) in [6.07, 6.45) is 2.22. The summed E-state index contributed by atoms with van der Waals surface area (Å²) in [5.41, 5.74) is 2.07. The Hall–Kier alpha value is -1.03. The topological polar surface area (TPSA) is 39.1 Å². The highest BCUT2D eigenvalue weighted by molar-refractivity contribution is 5.31. The van der Waals surface area contributed by atoms with Crippen LogP contribution in [-0.2, 0) is 7.05 Å². The van der Waals surface area contributed by atoms with Crippen molar-refractivity contribution in [2.45, 2.75) is 33.6 Å². The fourth-order valence-corrected chi connectivity index (χ4v) is 1.64. The second-order valence-electron chi connectivity index (χ2n) is 4.08. The van der Waals surface area contributed by atoms with Crippen LogP contribution < -0.4 is 10.1 Å². The van der Waals surface area contributed by atoms with Gasteiger partial charge in [-0.3, -0.25) is 4.68 Å². The van der Waals surface area contributed by atoms with E-state index in [4.69, 9.17) is 4.74 Å². The van der Waals surface area contributed by atoms with Crippen LogP contribution in [0.15, 0.2) is 0 Å². The molecular weight excluding hydrogens is 202 g/mol. The Kier molecular flexibility index (Phi) is 5.32. The minimum Gasteiger partial charge on any atom is -0.490 e. The molecule has 0 saturated heterocycles. The van der Waals surface area contributed by atoms with Crippen LogP contribution in [0.25, 0.3) is 0 Å². The lowest BCUT2D eigenvalue weighted by atomic mass is 10.3. The van der Waals surface area contributed by atoms with Crippen molar-refractivity contribution in [3.8, 4) is 5.75 Å². The zero-order valence-electron chi connectivity index (χ0n) is 10.8. The molecule has 0 fully saturated rings. The van der Waals surface area contributed by atoms with E-state index in [1.54, 1.807) is 0 Å². The summed E-state index contributed by atoms with van der Waals surface area (Å²) in [6, 6.07) is 0. The fraction of sp³-hybridized carbons (Fsp3) is 0.750. The van der Waals surface area contributed by atoms with Gasteiger partial charge in [0, 0.05) is 7.05 Å². The predicted molar refractivity (Wildman–Crippen MR) is 66.0 cm³/mol. The molecule has 0 aliphatic carbocycles. The fourth-order valence-electron chi connectivity index (χ4n) is 1.64. The molecule has 0 atom stereocenters. The van der Waals surface area contributed by atoms with Gasteiger partial charge < -0.3 is 10.1 Å². The van der Waals surface area contributed by atoms with E-state index in [-0.39, 0.29) is 0 Å². The van der Waals surface area contributed by atoms with Gasteiger partial charge in [-0.1, -0.05) is 6.92 Å². The van der Waals surface area contributed by atoms with E-state index < -0.39 is 0 Å². The van der Waals surface area contributed by atoms with Crippen LogP contribution in [0.3, 0.4) is 0 Å². The van der Waals surface area contributed by atoms with Crippen molar-refractivity contribution in [2.75, 3.05) is 19.7 Å². The van der Waals surface area contributed by atoms with E-state index in [2.05, 4.69) is 17.3 Å². The van der Waals surface area contributed by atoms with Gasteiger partial charge in [-0.25, -0.2) is 0 Å². The van der Waals surface area contributed by atoms with Gasteiger partial charge in [-0.15, -0.1) is 0 Å². The Morgan fingerprint density at radius 1 is 1.31 bits per heavy atom. The number of ether oxygens (including phenoxy) is 1. The zero-order valence-corrected chi connectivity index (χ0v) is 10.8. The van der Waals surface area contributed by atoms with Crippen LogP contribution in [0, 0.1) is 13.8 Å². The monoisotopic (exact) mass is 225 g/mol. The molecule has 0 aliphatic rings. The number of hydrogen-bond donors (Lipinski definition) is 1. The molecule has 0 amide bonds. The highest BCUT2D eigenvalue weighted by Gasteiger charge is 2.09. The molecule has 0 radical (unpaired) electrons. The Morgan fingerprint density at radius 3 is 2.62 bits per heavy atom. The maximum Gasteiger partial charge on any atom is 0.162 e. The van der Waals surface area contributed by atoms with E-state index in [9.17, 15) is 0 Å². The van der Waals surface area contributed by atoms with Gasteiger partial charge in [0.25, 0.3) is 0 Å². The van der Waals surface area contributed by atoms with E-state index in [1.165, 1.54) is 6.42 Å². The maximum atomic E-state index is 5.75. The summed E-state index contributed by atoms with van der Waals surface area (Å²) in [7, 11) is 1.94. The quantitative estimate of drug-likeness (QED) is 0.719. The van der Waals surface area contributed by atoms with Crippen LogP contribution in [0.4, 0.5) is 0 Å². The highest BCUT2D eigenvalue weighted by atomic mass is 16.5. The second kappa shape index (κ2) is 6.53. The van der Waals surface area contributed by atoms with Gasteiger partial charge in [-0.2, -0.15) is 5.10 Å². The number of aryl methyl sites for hydroxylation is 2. The summed E-state index contributed by atoms with van der Waals surface area (Å²) in [6.45, 7) is 9.05. The van der Waals surface area contributed by atoms with Gasteiger partial charge >= 0.3 is 0 Å². The lowest BCUT2D eigenvalue weighted by Crippen LogP contribution is -2.18. The SMILES string of the molecule is CCCNCCCOc1c(C)nn(C)c1C. The van der Waals surface area contributed by atoms with E-state index in [0.717, 1.165) is 43.3 Å². The first-order valence-electron chi connectivity index (χ1n) is 6.00. The number of rotatable bonds is 7. The van der Waals surface area contributed by atoms with Gasteiger partial charge in [-0.05, 0) is 39.8 Å². The van der Waals surface area contributed by atoms with Crippen LogP contribution in [0.1, 0.15) is 31.2 Å². The Morgan fingerprint density at radius 2 is 2.06 bits per heavy atom. The molecular formula is C12H23N3O. The molecule has 1 aromatic rings. The standard InChI is InChI=1S/C12H23N3O/c1-5-7-13-8-6-9-16-12-10(2)14-15(4)11(12)3/h13H,5-9H2,1-4H3. The summed E-state index contributed by atoms with van der Waals surface area (Å²) in [4.78, 5) is 0. The largest absolute Gasteiger partial charge is 0.490 e. The average molecular weight is 225 g/mol. The van der Waals surface area contributed by atoms with Crippen LogP contribution >= 0.6 is 0 Å². The Balaban J connectivity index is 2.26. The van der Waals surface area contributed by atoms with Crippen molar-refractivity contribution in [1.29, 1.82) is 0 Å². The summed E-state index contributed by atoms with van der Waals surface area (Å²) >= 11 is 0. The molecule has 1 N–H and O–H groups in total. The minimum atomic E-state index is 0.754. The zero-order chi connectivity index (χ0) is 12.0. The molecule has 0 aliphatic heterocycles. The number of nitrogens with zero attached hydrogens (tertiary/aromatic N) is 2. The van der Waals surface area contributed by atoms with Crippen molar-refractivity contribution in [2.24, 2.45) is 7.05 Å². The first-order chi connectivity index (χ1) is 7.66. The van der Waals surface area contributed by atoms with Gasteiger partial charge in [0.05, 0.1) is 12.3 Å². The van der Waals surface area contributed by atoms with Crippen molar-refractivity contribution in [1.82, 2.24) is 15.1 Å². The molecule has 0 bridgehead atoms. The van der Waals surface area contributed by atoms with Gasteiger partial charge in [0.1, 0.15) is 5.69 Å². The first-order valence-corrected chi connectivity index (χ1v) is 6.00. The van der Waals surface area contributed by atoms with E-state index >= 15 is 0 Å². The van der Waals surface area contributed by atoms with Crippen molar-refractivity contribution in [3.05, 3.63) is 11.4 Å². The molecule has 1 aromatic heterocycles. The third kappa shape index (κ3) is 3.52. The van der Waals surface area contributed by atoms with Gasteiger partial charge in [0.2, 0.25) is 0 Å². The second-order valence-corrected chi connectivity index (χ2v) is 4.08. The van der Waals surface area contributed by atoms with Crippen LogP contribution in [0.5, 0.6) is 5.75 Å². The third-order valence-electron chi connectivity index (χ3n) is 2.61. The third-order valence-corrected chi connectivity index (χ3v) is 2.61. The van der Waals surface area contributed by atoms with Gasteiger partial charge in [0.15, 0.2) is 5.75 Å². The van der Waals surface area contributed by atoms with Crippen molar-refractivity contribution >= 4 is 0 Å². The molecule has 4 heteroatoms. The molecule has 92 valence electrons. The van der Waals surface area contributed by atoms with Crippen LogP contribution in [0.2, 0.25) is 0 Å². The normalized spacial score (nSPS) is 10.8. The lowest BCUT2D eigenvalue weighted by Gasteiger charge is -2.07. The summed E-state index contributed by atoms with van der Waals surface area (Å²) < 4.78 is 7.61. The average Bonchev–Trinajstić information content (AvgIpc) is 2.49. The lowest BCUT2D eigenvalue weighted by molar-refractivity contribution is 0.304. The molecule has 0 unspecified atom stereocenters. The van der Waals surface area contributed by atoms with Crippen molar-refractivity contribution in [3.63, 3.8) is 0 Å². The highest BCUT2D eigenvalue weighted by Crippen LogP contribution is 2.21. The predicted octanol–water partition coefficient (Wildman–Crippen LogP) is 1.81. The smallest absolute Gasteiger partial charge is 0.162 e. The Bertz CT molecular complexity index is 320. The number of nitrogens with one attached hydrogen (secondary N) is 1. The molecule has 0 saturated carbocycles. The molecule has 0 spiro atoms. The molecule has 1 rings (SSSR count). The van der Waals surface area contributed by atoms with E-state index in [0.29, 0.717) is 0 Å². The molecule has 1 heterocycles. The van der Waals surface area contributed by atoms with Crippen molar-refractivity contribution < 1.29 is 4.74 Å². The summed E-state index contributed by atoms with van der Waals surface area (Å²) in [5.74, 6) is 0.943. The number of hydrogen-bond acceptors (Lipinski definition) is 3. The molecule has 0 aromatic carbocycles. The Labute approximate surface area is 98.0 Å². The minimum absolute atomic E-state index is 0.754. The first kappa shape index (κ1) is 13.0. The maximum absolute atomic E-state index is 5.75. The van der Waals surface area contributed by atoms with Crippen LogP contribution in [-0.4, -0.2) is 29.5 Å². The molecule has 4 nitrogen and oxygen atoms in total. The summed E-state index contributed by atoms with van der Waals surface area (Å²) in [5, 5.41) is 7.67. The van der Waals surface area contributed by atoms with E-state index in [1.807, 2.05) is 25.6 Å². The number of aromatic nitrogens is 2. The molecule has 16 heavy (non-hydrogen) atoms.